The molecule has 0 saturated heterocycles. The van der Waals surface area contributed by atoms with Gasteiger partial charge in [-0.3, -0.25) is 0 Å². The van der Waals surface area contributed by atoms with E-state index in [0.717, 1.165) is 16.7 Å². The lowest BCUT2D eigenvalue weighted by atomic mass is 9.69. The van der Waals surface area contributed by atoms with Crippen molar-refractivity contribution in [3.05, 3.63) is 34.4 Å². The number of aliphatic hydroxyl groups excluding tert-OH is 2. The molecule has 1 rings (SSSR count). The van der Waals surface area contributed by atoms with Crippen LogP contribution in [0.2, 0.25) is 0 Å². The van der Waals surface area contributed by atoms with Gasteiger partial charge in [0, 0.05) is 0 Å². The SMILES string of the molecule is Cc1cc(C(C)(C)C)c(C(OP(O)O)C(CO)(CO)COP(O)O)c(C(C)(C)C)c1. The molecule has 0 spiro atoms. The molecule has 30 heavy (non-hydrogen) atoms. The number of hydrogen-bond acceptors (Lipinski definition) is 8. The molecule has 1 aromatic rings. The summed E-state index contributed by atoms with van der Waals surface area (Å²) < 4.78 is 10.5. The Bertz CT molecular complexity index is 656. The average molecular weight is 466 g/mol. The van der Waals surface area contributed by atoms with Gasteiger partial charge in [0.1, 0.15) is 6.10 Å². The van der Waals surface area contributed by atoms with Crippen molar-refractivity contribution in [1.82, 2.24) is 0 Å². The van der Waals surface area contributed by atoms with Crippen molar-refractivity contribution in [2.24, 2.45) is 5.41 Å². The first kappa shape index (κ1) is 27.8. The molecule has 0 fully saturated rings. The van der Waals surface area contributed by atoms with Crippen LogP contribution in [0, 0.1) is 12.3 Å². The summed E-state index contributed by atoms with van der Waals surface area (Å²) in [6.07, 6.45) is -1.19. The molecule has 0 amide bonds. The maximum Gasteiger partial charge on any atom is 0.327 e. The number of rotatable bonds is 9. The smallest absolute Gasteiger partial charge is 0.327 e. The van der Waals surface area contributed by atoms with Gasteiger partial charge < -0.3 is 38.8 Å². The fourth-order valence-corrected chi connectivity index (χ4v) is 4.35. The van der Waals surface area contributed by atoms with Crippen molar-refractivity contribution in [3.8, 4) is 0 Å². The second-order valence-corrected chi connectivity index (χ2v) is 11.2. The Hall–Kier alpha value is -0.240. The molecule has 1 unspecified atom stereocenters. The molecule has 8 nitrogen and oxygen atoms in total. The monoisotopic (exact) mass is 466 g/mol. The third-order valence-corrected chi connectivity index (χ3v) is 5.82. The van der Waals surface area contributed by atoms with E-state index in [1.807, 2.05) is 60.6 Å². The second-order valence-electron chi connectivity index (χ2n) is 9.72. The molecule has 10 heteroatoms. The molecule has 0 aromatic heterocycles. The Kier molecular flexibility index (Phi) is 9.81. The van der Waals surface area contributed by atoms with E-state index in [0.29, 0.717) is 5.56 Å². The van der Waals surface area contributed by atoms with E-state index in [9.17, 15) is 29.8 Å². The van der Waals surface area contributed by atoms with E-state index in [-0.39, 0.29) is 10.8 Å². The zero-order chi connectivity index (χ0) is 23.5. The summed E-state index contributed by atoms with van der Waals surface area (Å²) in [6.45, 7) is 12.2. The molecule has 1 aromatic carbocycles. The highest BCUT2D eigenvalue weighted by atomic mass is 31.2. The number of aryl methyl sites for hydroxylation is 1. The quantitative estimate of drug-likeness (QED) is 0.305. The van der Waals surface area contributed by atoms with Crippen molar-refractivity contribution in [1.29, 1.82) is 0 Å². The van der Waals surface area contributed by atoms with Crippen LogP contribution < -0.4 is 0 Å². The molecule has 0 aliphatic carbocycles. The molecular weight excluding hydrogens is 430 g/mol. The molecule has 174 valence electrons. The van der Waals surface area contributed by atoms with Gasteiger partial charge in [-0.25, -0.2) is 0 Å². The lowest BCUT2D eigenvalue weighted by molar-refractivity contribution is -0.0737. The maximum atomic E-state index is 10.2. The van der Waals surface area contributed by atoms with Crippen molar-refractivity contribution >= 4 is 17.2 Å². The van der Waals surface area contributed by atoms with Gasteiger partial charge >= 0.3 is 17.2 Å². The minimum Gasteiger partial charge on any atom is -0.395 e. The molecule has 0 heterocycles. The Morgan fingerprint density at radius 2 is 1.27 bits per heavy atom. The third kappa shape index (κ3) is 6.88. The molecule has 6 N–H and O–H groups in total. The highest BCUT2D eigenvalue weighted by molar-refractivity contribution is 7.39. The van der Waals surface area contributed by atoms with Crippen LogP contribution in [0.4, 0.5) is 0 Å². The van der Waals surface area contributed by atoms with Crippen LogP contribution >= 0.6 is 17.2 Å². The second kappa shape index (κ2) is 10.6. The van der Waals surface area contributed by atoms with E-state index < -0.39 is 48.5 Å². The van der Waals surface area contributed by atoms with Crippen LogP contribution in [0.15, 0.2) is 12.1 Å². The molecule has 0 bridgehead atoms. The molecule has 0 aliphatic rings. The van der Waals surface area contributed by atoms with Gasteiger partial charge in [-0.15, -0.1) is 0 Å². The van der Waals surface area contributed by atoms with Crippen LogP contribution in [-0.4, -0.2) is 49.6 Å². The average Bonchev–Trinajstić information content (AvgIpc) is 2.59. The van der Waals surface area contributed by atoms with Gasteiger partial charge in [0.25, 0.3) is 0 Å². The normalized spacial score (nSPS) is 14.6. The highest BCUT2D eigenvalue weighted by Gasteiger charge is 2.46. The molecule has 1 atom stereocenters. The van der Waals surface area contributed by atoms with Crippen molar-refractivity contribution in [3.63, 3.8) is 0 Å². The fraction of sp³-hybridized carbons (Fsp3) is 0.700. The lowest BCUT2D eigenvalue weighted by Crippen LogP contribution is -2.43. The standard InChI is InChI=1S/C20H36O8P2/c1-13-8-14(18(2,3)4)16(15(9-13)19(5,6)7)17(28-30(25)26)20(10-21,11-22)12-27-29(23)24/h8-9,17,21-26H,10-12H2,1-7H3. The molecular formula is C20H36O8P2. The minimum atomic E-state index is -2.87. The zero-order valence-electron chi connectivity index (χ0n) is 18.7. The third-order valence-electron chi connectivity index (χ3n) is 5.06. The molecule has 0 aliphatic heterocycles. The van der Waals surface area contributed by atoms with E-state index in [1.54, 1.807) is 0 Å². The van der Waals surface area contributed by atoms with Crippen molar-refractivity contribution in [2.75, 3.05) is 19.8 Å². The maximum absolute atomic E-state index is 10.2. The Morgan fingerprint density at radius 3 is 1.57 bits per heavy atom. The topological polar surface area (TPSA) is 140 Å². The van der Waals surface area contributed by atoms with Gasteiger partial charge in [-0.2, -0.15) is 0 Å². The van der Waals surface area contributed by atoms with Crippen LogP contribution in [0.5, 0.6) is 0 Å². The first-order valence-corrected chi connectivity index (χ1v) is 11.9. The van der Waals surface area contributed by atoms with Gasteiger partial charge in [0.15, 0.2) is 0 Å². The summed E-state index contributed by atoms with van der Waals surface area (Å²) in [5.74, 6) is 0. The van der Waals surface area contributed by atoms with Crippen LogP contribution in [0.3, 0.4) is 0 Å². The lowest BCUT2D eigenvalue weighted by Gasteiger charge is -2.42. The van der Waals surface area contributed by atoms with Crippen molar-refractivity contribution in [2.45, 2.75) is 65.4 Å². The predicted octanol–water partition coefficient (Wildman–Crippen LogP) is 3.06. The van der Waals surface area contributed by atoms with E-state index >= 15 is 0 Å². The van der Waals surface area contributed by atoms with E-state index in [2.05, 4.69) is 0 Å². The van der Waals surface area contributed by atoms with Gasteiger partial charge in [0.2, 0.25) is 0 Å². The summed E-state index contributed by atoms with van der Waals surface area (Å²) in [5.41, 5.74) is 1.01. The minimum absolute atomic E-state index is 0.380. The van der Waals surface area contributed by atoms with Crippen LogP contribution in [0.1, 0.15) is 69.9 Å². The van der Waals surface area contributed by atoms with Gasteiger partial charge in [0.05, 0.1) is 25.2 Å². The number of aliphatic hydroxyl groups is 2. The summed E-state index contributed by atoms with van der Waals surface area (Å²) in [7, 11) is -5.62. The largest absolute Gasteiger partial charge is 0.395 e. The summed E-state index contributed by atoms with van der Waals surface area (Å²) in [5, 5.41) is 20.5. The zero-order valence-corrected chi connectivity index (χ0v) is 20.5. The summed E-state index contributed by atoms with van der Waals surface area (Å²) in [4.78, 5) is 38.0. The van der Waals surface area contributed by atoms with E-state index in [4.69, 9.17) is 9.05 Å². The number of benzene rings is 1. The highest BCUT2D eigenvalue weighted by Crippen LogP contribution is 2.51. The summed E-state index contributed by atoms with van der Waals surface area (Å²) >= 11 is 0. The van der Waals surface area contributed by atoms with E-state index in [1.165, 1.54) is 0 Å². The molecule has 0 saturated carbocycles. The van der Waals surface area contributed by atoms with Gasteiger partial charge in [-0.05, 0) is 34.4 Å². The number of hydrogen-bond donors (Lipinski definition) is 6. The molecule has 0 radical (unpaired) electrons. The Balaban J connectivity index is 3.96. The van der Waals surface area contributed by atoms with Crippen molar-refractivity contribution < 1.29 is 38.8 Å². The Labute approximate surface area is 181 Å². The first-order valence-electron chi connectivity index (χ1n) is 9.61. The Morgan fingerprint density at radius 1 is 0.833 bits per heavy atom. The van der Waals surface area contributed by atoms with Crippen LogP contribution in [-0.2, 0) is 19.9 Å². The summed E-state index contributed by atoms with van der Waals surface area (Å²) in [6, 6.07) is 3.95. The first-order chi connectivity index (χ1) is 13.6. The fourth-order valence-electron chi connectivity index (χ4n) is 3.46. The predicted molar refractivity (Wildman–Crippen MR) is 118 cm³/mol. The van der Waals surface area contributed by atoms with Crippen LogP contribution in [0.25, 0.3) is 0 Å². The van der Waals surface area contributed by atoms with Gasteiger partial charge in [-0.1, -0.05) is 59.2 Å².